The molecule has 174 valence electrons. The molecule has 0 radical (unpaired) electrons. The van der Waals surface area contributed by atoms with Crippen LogP contribution in [0.25, 0.3) is 11.4 Å². The van der Waals surface area contributed by atoms with E-state index in [1.54, 1.807) is 23.1 Å². The highest BCUT2D eigenvalue weighted by Gasteiger charge is 2.30. The summed E-state index contributed by atoms with van der Waals surface area (Å²) in [6.45, 7) is 2.57. The SMILES string of the molecule is O=C(CCc1nc(-c2ccc(F)cc2)no1)N1CCN(Cc2cccc(C(F)(F)F)c2)CC1. The van der Waals surface area contributed by atoms with Crippen LogP contribution in [0.4, 0.5) is 17.6 Å². The second-order valence-electron chi connectivity index (χ2n) is 7.87. The van der Waals surface area contributed by atoms with Gasteiger partial charge in [-0.1, -0.05) is 23.4 Å². The second kappa shape index (κ2) is 9.70. The van der Waals surface area contributed by atoms with Gasteiger partial charge in [-0.2, -0.15) is 18.2 Å². The molecule has 1 aliphatic rings. The van der Waals surface area contributed by atoms with Gasteiger partial charge in [0.15, 0.2) is 0 Å². The summed E-state index contributed by atoms with van der Waals surface area (Å²) in [7, 11) is 0. The van der Waals surface area contributed by atoms with E-state index in [4.69, 9.17) is 4.52 Å². The van der Waals surface area contributed by atoms with Crippen molar-refractivity contribution in [1.29, 1.82) is 0 Å². The zero-order chi connectivity index (χ0) is 23.4. The van der Waals surface area contributed by atoms with Crippen LogP contribution in [0.2, 0.25) is 0 Å². The first kappa shape index (κ1) is 22.9. The first-order chi connectivity index (χ1) is 15.8. The summed E-state index contributed by atoms with van der Waals surface area (Å²) in [5.41, 5.74) is 0.560. The standard InChI is InChI=1S/C23H22F4N4O2/c24-19-6-4-17(5-7-19)22-28-20(33-29-22)8-9-21(32)31-12-10-30(11-13-31)15-16-2-1-3-18(14-16)23(25,26)27/h1-7,14H,8-13,15H2. The summed E-state index contributed by atoms with van der Waals surface area (Å²) in [6, 6.07) is 11.0. The minimum atomic E-state index is -4.36. The van der Waals surface area contributed by atoms with Crippen molar-refractivity contribution < 1.29 is 26.9 Å². The number of amides is 1. The molecule has 2 heterocycles. The molecule has 1 amide bonds. The van der Waals surface area contributed by atoms with Gasteiger partial charge >= 0.3 is 6.18 Å². The number of hydrogen-bond acceptors (Lipinski definition) is 5. The molecule has 0 aliphatic carbocycles. The van der Waals surface area contributed by atoms with Crippen LogP contribution in [0.5, 0.6) is 0 Å². The number of rotatable bonds is 6. The maximum Gasteiger partial charge on any atom is 0.416 e. The van der Waals surface area contributed by atoms with E-state index in [-0.39, 0.29) is 24.6 Å². The quantitative estimate of drug-likeness (QED) is 0.515. The van der Waals surface area contributed by atoms with Crippen molar-refractivity contribution in [2.24, 2.45) is 0 Å². The van der Waals surface area contributed by atoms with Gasteiger partial charge in [0.05, 0.1) is 5.56 Å². The molecule has 0 saturated carbocycles. The first-order valence-electron chi connectivity index (χ1n) is 10.5. The number of aromatic nitrogens is 2. The molecule has 2 aromatic carbocycles. The normalized spacial score (nSPS) is 15.1. The van der Waals surface area contributed by atoms with Gasteiger partial charge in [0.25, 0.3) is 0 Å². The Hall–Kier alpha value is -3.27. The van der Waals surface area contributed by atoms with Gasteiger partial charge in [0.2, 0.25) is 17.6 Å². The van der Waals surface area contributed by atoms with Crippen molar-refractivity contribution in [1.82, 2.24) is 19.9 Å². The van der Waals surface area contributed by atoms with Crippen molar-refractivity contribution in [2.75, 3.05) is 26.2 Å². The molecule has 0 spiro atoms. The maximum absolute atomic E-state index is 13.0. The lowest BCUT2D eigenvalue weighted by Crippen LogP contribution is -2.48. The highest BCUT2D eigenvalue weighted by Crippen LogP contribution is 2.29. The molecule has 1 aromatic heterocycles. The Balaban J connectivity index is 1.24. The van der Waals surface area contributed by atoms with E-state index in [0.717, 1.165) is 6.07 Å². The Morgan fingerprint density at radius 1 is 1.03 bits per heavy atom. The number of carbonyl (C=O) groups excluding carboxylic acids is 1. The molecule has 3 aromatic rings. The monoisotopic (exact) mass is 462 g/mol. The average Bonchev–Trinajstić information content (AvgIpc) is 3.27. The summed E-state index contributed by atoms with van der Waals surface area (Å²) in [5.74, 6) is 0.254. The predicted octanol–water partition coefficient (Wildman–Crippen LogP) is 4.17. The fourth-order valence-corrected chi connectivity index (χ4v) is 3.70. The van der Waals surface area contributed by atoms with Crippen LogP contribution in [-0.2, 0) is 23.9 Å². The van der Waals surface area contributed by atoms with Crippen LogP contribution in [0, 0.1) is 5.82 Å². The third-order valence-electron chi connectivity index (χ3n) is 5.51. The summed E-state index contributed by atoms with van der Waals surface area (Å²) in [4.78, 5) is 20.6. The van der Waals surface area contributed by atoms with Crippen LogP contribution >= 0.6 is 0 Å². The van der Waals surface area contributed by atoms with E-state index in [1.165, 1.54) is 24.3 Å². The lowest BCUT2D eigenvalue weighted by Gasteiger charge is -2.34. The Morgan fingerprint density at radius 3 is 2.45 bits per heavy atom. The molecular weight excluding hydrogens is 440 g/mol. The number of hydrogen-bond donors (Lipinski definition) is 0. The van der Waals surface area contributed by atoms with Crippen molar-refractivity contribution >= 4 is 5.91 Å². The molecule has 10 heteroatoms. The molecule has 0 N–H and O–H groups in total. The molecule has 1 aliphatic heterocycles. The summed E-state index contributed by atoms with van der Waals surface area (Å²) < 4.78 is 56.9. The van der Waals surface area contributed by atoms with E-state index < -0.39 is 11.7 Å². The number of benzene rings is 2. The van der Waals surface area contributed by atoms with Gasteiger partial charge in [-0.05, 0) is 35.9 Å². The first-order valence-corrected chi connectivity index (χ1v) is 10.5. The highest BCUT2D eigenvalue weighted by molar-refractivity contribution is 5.76. The minimum Gasteiger partial charge on any atom is -0.340 e. The van der Waals surface area contributed by atoms with Crippen LogP contribution < -0.4 is 0 Å². The largest absolute Gasteiger partial charge is 0.416 e. The zero-order valence-corrected chi connectivity index (χ0v) is 17.7. The lowest BCUT2D eigenvalue weighted by atomic mass is 10.1. The summed E-state index contributed by atoms with van der Waals surface area (Å²) in [6.07, 6.45) is -3.87. The van der Waals surface area contributed by atoms with Crippen molar-refractivity contribution in [3.05, 3.63) is 71.4 Å². The maximum atomic E-state index is 13.0. The van der Waals surface area contributed by atoms with E-state index in [9.17, 15) is 22.4 Å². The van der Waals surface area contributed by atoms with Gasteiger partial charge in [-0.15, -0.1) is 0 Å². The minimum absolute atomic E-state index is 0.0461. The number of nitrogens with zero attached hydrogens (tertiary/aromatic N) is 4. The third-order valence-corrected chi connectivity index (χ3v) is 5.51. The molecule has 0 atom stereocenters. The van der Waals surface area contributed by atoms with E-state index in [1.807, 2.05) is 4.90 Å². The molecular formula is C23H22F4N4O2. The second-order valence-corrected chi connectivity index (χ2v) is 7.87. The van der Waals surface area contributed by atoms with E-state index in [2.05, 4.69) is 10.1 Å². The molecule has 0 unspecified atom stereocenters. The van der Waals surface area contributed by atoms with Crippen LogP contribution in [-0.4, -0.2) is 52.0 Å². The Bertz CT molecular complexity index is 1090. The number of piperazine rings is 1. The van der Waals surface area contributed by atoms with Gasteiger partial charge in [0.1, 0.15) is 5.82 Å². The fourth-order valence-electron chi connectivity index (χ4n) is 3.70. The van der Waals surface area contributed by atoms with Crippen molar-refractivity contribution in [2.45, 2.75) is 25.6 Å². The third kappa shape index (κ3) is 5.95. The number of halogens is 4. The van der Waals surface area contributed by atoms with E-state index >= 15 is 0 Å². The van der Waals surface area contributed by atoms with Crippen LogP contribution in [0.3, 0.4) is 0 Å². The summed E-state index contributed by atoms with van der Waals surface area (Å²) in [5, 5.41) is 3.87. The van der Waals surface area contributed by atoms with Crippen LogP contribution in [0.1, 0.15) is 23.4 Å². The van der Waals surface area contributed by atoms with Gasteiger partial charge < -0.3 is 9.42 Å². The average molecular weight is 462 g/mol. The Labute approximate surface area is 187 Å². The zero-order valence-electron chi connectivity index (χ0n) is 17.7. The number of aryl methyl sites for hydroxylation is 1. The predicted molar refractivity (Wildman–Crippen MR) is 111 cm³/mol. The molecule has 4 rings (SSSR count). The fraction of sp³-hybridized carbons (Fsp3) is 0.348. The van der Waals surface area contributed by atoms with Crippen molar-refractivity contribution in [3.8, 4) is 11.4 Å². The molecule has 1 saturated heterocycles. The van der Waals surface area contributed by atoms with Gasteiger partial charge in [-0.25, -0.2) is 4.39 Å². The van der Waals surface area contributed by atoms with Gasteiger partial charge in [0, 0.05) is 51.1 Å². The molecule has 1 fully saturated rings. The summed E-state index contributed by atoms with van der Waals surface area (Å²) >= 11 is 0. The molecule has 6 nitrogen and oxygen atoms in total. The number of alkyl halides is 3. The van der Waals surface area contributed by atoms with E-state index in [0.29, 0.717) is 55.6 Å². The Morgan fingerprint density at radius 2 is 1.76 bits per heavy atom. The lowest BCUT2D eigenvalue weighted by molar-refractivity contribution is -0.137. The smallest absolute Gasteiger partial charge is 0.340 e. The Kier molecular flexibility index (Phi) is 6.73. The highest BCUT2D eigenvalue weighted by atomic mass is 19.4. The van der Waals surface area contributed by atoms with Crippen LogP contribution in [0.15, 0.2) is 53.1 Å². The molecule has 0 bridgehead atoms. The number of carbonyl (C=O) groups is 1. The molecule has 33 heavy (non-hydrogen) atoms. The topological polar surface area (TPSA) is 62.5 Å². The van der Waals surface area contributed by atoms with Gasteiger partial charge in [-0.3, -0.25) is 9.69 Å². The van der Waals surface area contributed by atoms with Crippen molar-refractivity contribution in [3.63, 3.8) is 0 Å².